The smallest absolute Gasteiger partial charge is 0.0238 e. The van der Waals surface area contributed by atoms with Gasteiger partial charge in [0, 0.05) is 24.7 Å². The molecule has 68 valence electrons. The first-order chi connectivity index (χ1) is 5.95. The topological polar surface area (TPSA) is 15.3 Å². The Balaban J connectivity index is 1.67. The third-order valence-electron chi connectivity index (χ3n) is 3.39. The second-order valence-corrected chi connectivity index (χ2v) is 4.56. The van der Waals surface area contributed by atoms with Crippen LogP contribution >= 0.6 is 0 Å². The van der Waals surface area contributed by atoms with Gasteiger partial charge in [0.05, 0.1) is 0 Å². The number of hydrogen-bond donors (Lipinski definition) is 1. The molecule has 2 saturated carbocycles. The van der Waals surface area contributed by atoms with E-state index in [2.05, 4.69) is 10.2 Å². The van der Waals surface area contributed by atoms with Crippen molar-refractivity contribution in [3.63, 3.8) is 0 Å². The van der Waals surface area contributed by atoms with Gasteiger partial charge in [0.25, 0.3) is 0 Å². The quantitative estimate of drug-likeness (QED) is 0.672. The van der Waals surface area contributed by atoms with Gasteiger partial charge in [-0.1, -0.05) is 0 Å². The highest BCUT2D eigenvalue weighted by Gasteiger charge is 2.43. The molecule has 0 spiro atoms. The van der Waals surface area contributed by atoms with Gasteiger partial charge in [0.1, 0.15) is 0 Å². The molecule has 1 atom stereocenters. The molecule has 2 nitrogen and oxygen atoms in total. The summed E-state index contributed by atoms with van der Waals surface area (Å²) in [6.45, 7) is 2.51. The van der Waals surface area contributed by atoms with Gasteiger partial charge in [0.15, 0.2) is 0 Å². The molecule has 1 saturated heterocycles. The second-order valence-electron chi connectivity index (χ2n) is 4.56. The van der Waals surface area contributed by atoms with E-state index >= 15 is 0 Å². The van der Waals surface area contributed by atoms with E-state index in [1.165, 1.54) is 45.2 Å². The van der Waals surface area contributed by atoms with Crippen LogP contribution in [0.5, 0.6) is 0 Å². The van der Waals surface area contributed by atoms with E-state index in [1.807, 2.05) is 0 Å². The number of rotatable bonds is 3. The van der Waals surface area contributed by atoms with Crippen molar-refractivity contribution in [3.8, 4) is 0 Å². The van der Waals surface area contributed by atoms with E-state index in [4.69, 9.17) is 0 Å². The van der Waals surface area contributed by atoms with Gasteiger partial charge in [-0.05, 0) is 38.6 Å². The Bertz CT molecular complexity index is 155. The van der Waals surface area contributed by atoms with Crippen LogP contribution in [0.25, 0.3) is 0 Å². The van der Waals surface area contributed by atoms with Crippen LogP contribution in [0.15, 0.2) is 0 Å². The van der Waals surface area contributed by atoms with Crippen molar-refractivity contribution in [1.82, 2.24) is 10.2 Å². The molecule has 1 N–H and O–H groups in total. The minimum Gasteiger partial charge on any atom is -0.315 e. The summed E-state index contributed by atoms with van der Waals surface area (Å²) in [7, 11) is 0. The SMILES string of the molecule is C1C[C@H](N(C2CC2)C2CC2)CN1. The van der Waals surface area contributed by atoms with Crippen molar-refractivity contribution in [2.75, 3.05) is 13.1 Å². The Hall–Kier alpha value is -0.0800. The van der Waals surface area contributed by atoms with Crippen molar-refractivity contribution in [3.05, 3.63) is 0 Å². The van der Waals surface area contributed by atoms with Crippen LogP contribution in [-0.4, -0.2) is 36.1 Å². The van der Waals surface area contributed by atoms with Crippen LogP contribution in [0.1, 0.15) is 32.1 Å². The zero-order valence-electron chi connectivity index (χ0n) is 7.63. The summed E-state index contributed by atoms with van der Waals surface area (Å²) in [5.74, 6) is 0. The normalized spacial score (nSPS) is 36.2. The standard InChI is InChI=1S/C10H18N2/c1-2-8(1)12(9-3-4-9)10-5-6-11-7-10/h8-11H,1-7H2/t10-/m0/s1. The molecule has 0 aromatic carbocycles. The summed E-state index contributed by atoms with van der Waals surface area (Å²) in [6, 6.07) is 2.87. The van der Waals surface area contributed by atoms with Gasteiger partial charge in [-0.3, -0.25) is 4.90 Å². The molecule has 0 aromatic rings. The van der Waals surface area contributed by atoms with Gasteiger partial charge in [-0.25, -0.2) is 0 Å². The lowest BCUT2D eigenvalue weighted by Crippen LogP contribution is -2.40. The lowest BCUT2D eigenvalue weighted by molar-refractivity contribution is 0.187. The van der Waals surface area contributed by atoms with Gasteiger partial charge < -0.3 is 5.32 Å². The first-order valence-electron chi connectivity index (χ1n) is 5.43. The lowest BCUT2D eigenvalue weighted by Gasteiger charge is -2.28. The number of hydrogen-bond acceptors (Lipinski definition) is 2. The average molecular weight is 166 g/mol. The van der Waals surface area contributed by atoms with Crippen LogP contribution < -0.4 is 5.32 Å². The van der Waals surface area contributed by atoms with Crippen LogP contribution in [0.3, 0.4) is 0 Å². The third-order valence-corrected chi connectivity index (χ3v) is 3.39. The first-order valence-corrected chi connectivity index (χ1v) is 5.43. The molecule has 0 unspecified atom stereocenters. The maximum atomic E-state index is 3.48. The molecule has 1 aliphatic heterocycles. The van der Waals surface area contributed by atoms with E-state index < -0.39 is 0 Å². The molecular weight excluding hydrogens is 148 g/mol. The molecule has 12 heavy (non-hydrogen) atoms. The van der Waals surface area contributed by atoms with Crippen molar-refractivity contribution in [2.45, 2.75) is 50.2 Å². The molecule has 3 fully saturated rings. The van der Waals surface area contributed by atoms with Gasteiger partial charge in [0.2, 0.25) is 0 Å². The van der Waals surface area contributed by atoms with Crippen LogP contribution in [0.4, 0.5) is 0 Å². The highest BCUT2D eigenvalue weighted by molar-refractivity contribution is 4.99. The maximum absolute atomic E-state index is 3.48. The number of nitrogens with zero attached hydrogens (tertiary/aromatic N) is 1. The zero-order valence-corrected chi connectivity index (χ0v) is 7.63. The molecule has 3 aliphatic rings. The van der Waals surface area contributed by atoms with Gasteiger partial charge >= 0.3 is 0 Å². The highest BCUT2D eigenvalue weighted by atomic mass is 15.3. The summed E-state index contributed by atoms with van der Waals surface area (Å²) < 4.78 is 0. The monoisotopic (exact) mass is 166 g/mol. The third kappa shape index (κ3) is 1.27. The van der Waals surface area contributed by atoms with E-state index in [9.17, 15) is 0 Å². The predicted octanol–water partition coefficient (Wildman–Crippen LogP) is 0.975. The summed E-state index contributed by atoms with van der Waals surface area (Å²) in [5, 5.41) is 3.48. The Morgan fingerprint density at radius 2 is 1.50 bits per heavy atom. The van der Waals surface area contributed by atoms with Gasteiger partial charge in [-0.15, -0.1) is 0 Å². The van der Waals surface area contributed by atoms with Crippen LogP contribution in [0.2, 0.25) is 0 Å². The van der Waals surface area contributed by atoms with E-state index in [0.717, 1.165) is 18.1 Å². The summed E-state index contributed by atoms with van der Waals surface area (Å²) in [6.07, 6.45) is 7.31. The van der Waals surface area contributed by atoms with Crippen molar-refractivity contribution >= 4 is 0 Å². The predicted molar refractivity (Wildman–Crippen MR) is 49.2 cm³/mol. The fraction of sp³-hybridized carbons (Fsp3) is 1.00. The first kappa shape index (κ1) is 7.34. The Labute approximate surface area is 74.3 Å². The number of nitrogens with one attached hydrogen (secondary N) is 1. The van der Waals surface area contributed by atoms with Crippen molar-refractivity contribution in [2.24, 2.45) is 0 Å². The molecule has 1 heterocycles. The van der Waals surface area contributed by atoms with Crippen LogP contribution in [-0.2, 0) is 0 Å². The molecule has 2 heteroatoms. The molecule has 0 aromatic heterocycles. The largest absolute Gasteiger partial charge is 0.315 e. The molecule has 0 radical (unpaired) electrons. The Morgan fingerprint density at radius 3 is 1.92 bits per heavy atom. The Morgan fingerprint density at radius 1 is 0.833 bits per heavy atom. The average Bonchev–Trinajstić information content (AvgIpc) is 2.95. The van der Waals surface area contributed by atoms with E-state index in [0.29, 0.717) is 0 Å². The second kappa shape index (κ2) is 2.71. The van der Waals surface area contributed by atoms with E-state index in [-0.39, 0.29) is 0 Å². The molecule has 3 rings (SSSR count). The minimum absolute atomic E-state index is 0.894. The van der Waals surface area contributed by atoms with Crippen molar-refractivity contribution in [1.29, 1.82) is 0 Å². The minimum atomic E-state index is 0.894. The molecule has 0 bridgehead atoms. The summed E-state index contributed by atoms with van der Waals surface area (Å²) in [4.78, 5) is 2.83. The molecule has 2 aliphatic carbocycles. The maximum Gasteiger partial charge on any atom is 0.0238 e. The zero-order chi connectivity index (χ0) is 7.97. The summed E-state index contributed by atoms with van der Waals surface area (Å²) >= 11 is 0. The summed E-state index contributed by atoms with van der Waals surface area (Å²) in [5.41, 5.74) is 0. The fourth-order valence-corrected chi connectivity index (χ4v) is 2.53. The van der Waals surface area contributed by atoms with Crippen molar-refractivity contribution < 1.29 is 0 Å². The lowest BCUT2D eigenvalue weighted by atomic mass is 10.2. The molecule has 0 amide bonds. The molecular formula is C10H18N2. The fourth-order valence-electron chi connectivity index (χ4n) is 2.53. The Kier molecular flexibility index (Phi) is 1.66. The highest BCUT2D eigenvalue weighted by Crippen LogP contribution is 2.39. The van der Waals surface area contributed by atoms with Crippen LogP contribution in [0, 0.1) is 0 Å². The van der Waals surface area contributed by atoms with Gasteiger partial charge in [-0.2, -0.15) is 0 Å². The van der Waals surface area contributed by atoms with E-state index in [1.54, 1.807) is 0 Å².